The summed E-state index contributed by atoms with van der Waals surface area (Å²) in [4.78, 5) is 24.6. The zero-order valence-corrected chi connectivity index (χ0v) is 18.6. The number of carbonyl (C=O) groups is 2. The van der Waals surface area contributed by atoms with Crippen molar-refractivity contribution in [2.75, 3.05) is 20.3 Å². The van der Waals surface area contributed by atoms with Crippen molar-refractivity contribution in [1.29, 1.82) is 0 Å². The summed E-state index contributed by atoms with van der Waals surface area (Å²) in [6.07, 6.45) is 3.76. The fourth-order valence-corrected chi connectivity index (χ4v) is 3.85. The van der Waals surface area contributed by atoms with Crippen LogP contribution in [0, 0.1) is 6.92 Å². The van der Waals surface area contributed by atoms with Gasteiger partial charge in [0.2, 0.25) is 5.78 Å². The van der Waals surface area contributed by atoms with E-state index >= 15 is 0 Å². The van der Waals surface area contributed by atoms with Crippen molar-refractivity contribution in [3.8, 4) is 17.2 Å². The van der Waals surface area contributed by atoms with Crippen LogP contribution in [-0.2, 0) is 16.1 Å². The lowest BCUT2D eigenvalue weighted by molar-refractivity contribution is -0.145. The highest BCUT2D eigenvalue weighted by Gasteiger charge is 2.30. The lowest BCUT2D eigenvalue weighted by Gasteiger charge is -2.08. The van der Waals surface area contributed by atoms with E-state index in [1.54, 1.807) is 32.2 Å². The first kappa shape index (κ1) is 21.5. The van der Waals surface area contributed by atoms with Gasteiger partial charge in [0, 0.05) is 35.3 Å². The average molecular weight is 435 g/mol. The summed E-state index contributed by atoms with van der Waals surface area (Å²) < 4.78 is 23.8. The van der Waals surface area contributed by atoms with E-state index < -0.39 is 5.97 Å². The van der Waals surface area contributed by atoms with E-state index in [-0.39, 0.29) is 24.8 Å². The van der Waals surface area contributed by atoms with Gasteiger partial charge in [-0.15, -0.1) is 0 Å². The Hall–Kier alpha value is -3.74. The lowest BCUT2D eigenvalue weighted by atomic mass is 10.0. The molecular formula is C25H25NO6. The van der Waals surface area contributed by atoms with E-state index in [9.17, 15) is 9.59 Å². The van der Waals surface area contributed by atoms with Crippen LogP contribution < -0.4 is 14.2 Å². The molecule has 0 fully saturated rings. The minimum absolute atomic E-state index is 0.185. The molecule has 0 unspecified atom stereocenters. The maximum atomic E-state index is 13.1. The summed E-state index contributed by atoms with van der Waals surface area (Å²) in [6.45, 7) is 6.49. The van der Waals surface area contributed by atoms with Crippen molar-refractivity contribution < 1.29 is 28.5 Å². The number of hydrogen-bond acceptors (Lipinski definition) is 6. The first-order chi connectivity index (χ1) is 15.4. The number of methoxy groups -OCH3 is 1. The summed E-state index contributed by atoms with van der Waals surface area (Å²) >= 11 is 0. The fraction of sp³-hybridized carbons (Fsp3) is 0.280. The molecule has 0 amide bonds. The van der Waals surface area contributed by atoms with Crippen molar-refractivity contribution in [1.82, 2.24) is 4.57 Å². The van der Waals surface area contributed by atoms with E-state index in [4.69, 9.17) is 18.9 Å². The van der Waals surface area contributed by atoms with Gasteiger partial charge in [-0.3, -0.25) is 4.79 Å². The van der Waals surface area contributed by atoms with Crippen LogP contribution in [0.5, 0.6) is 17.2 Å². The first-order valence-electron chi connectivity index (χ1n) is 10.5. The number of carbonyl (C=O) groups excluding carboxylic acids is 2. The SMILES string of the molecule is CCOC(=O)COc1cc(C)c2c(c1)O/C(=C\c1cn(CC)c3ccc(OC)cc13)C2=O. The molecule has 1 aromatic heterocycles. The Bertz CT molecular complexity index is 1240. The standard InChI is InChI=1S/C25H25NO6/c1-5-26-13-16(19-11-17(29-4)7-8-20(19)26)10-22-25(28)24-15(3)9-18(12-21(24)32-22)31-14-23(27)30-6-2/h7-13H,5-6,14H2,1-4H3/b22-10-. The zero-order valence-electron chi connectivity index (χ0n) is 18.6. The van der Waals surface area contributed by atoms with Crippen LogP contribution in [0.15, 0.2) is 42.3 Å². The molecule has 0 bridgehead atoms. The van der Waals surface area contributed by atoms with Gasteiger partial charge in [-0.25, -0.2) is 4.79 Å². The van der Waals surface area contributed by atoms with Gasteiger partial charge in [0.15, 0.2) is 12.4 Å². The molecular weight excluding hydrogens is 410 g/mol. The molecule has 2 aromatic carbocycles. The maximum Gasteiger partial charge on any atom is 0.344 e. The molecule has 7 nitrogen and oxygen atoms in total. The number of hydrogen-bond donors (Lipinski definition) is 0. The largest absolute Gasteiger partial charge is 0.497 e. The Labute approximate surface area is 186 Å². The summed E-state index contributed by atoms with van der Waals surface area (Å²) in [7, 11) is 1.63. The maximum absolute atomic E-state index is 13.1. The monoisotopic (exact) mass is 435 g/mol. The van der Waals surface area contributed by atoms with E-state index in [0.717, 1.165) is 28.8 Å². The number of fused-ring (bicyclic) bond motifs is 2. The number of esters is 1. The van der Waals surface area contributed by atoms with Crippen LogP contribution in [0.3, 0.4) is 0 Å². The number of aryl methyl sites for hydroxylation is 2. The van der Waals surface area contributed by atoms with E-state index in [1.165, 1.54) is 0 Å². The highest BCUT2D eigenvalue weighted by atomic mass is 16.6. The second kappa shape index (κ2) is 8.78. The molecule has 3 aromatic rings. The number of nitrogens with zero attached hydrogens (tertiary/aromatic N) is 1. The Kier molecular flexibility index (Phi) is 5.90. The second-order valence-electron chi connectivity index (χ2n) is 7.40. The van der Waals surface area contributed by atoms with E-state index in [1.807, 2.05) is 31.3 Å². The van der Waals surface area contributed by atoms with E-state index in [0.29, 0.717) is 22.6 Å². The fourth-order valence-electron chi connectivity index (χ4n) is 3.85. The third-order valence-corrected chi connectivity index (χ3v) is 5.35. The minimum Gasteiger partial charge on any atom is -0.497 e. The topological polar surface area (TPSA) is 76.0 Å². The first-order valence-corrected chi connectivity index (χ1v) is 10.5. The van der Waals surface area contributed by atoms with Crippen LogP contribution in [0.4, 0.5) is 0 Å². The molecule has 0 aliphatic carbocycles. The Morgan fingerprint density at radius 3 is 2.69 bits per heavy atom. The molecule has 0 N–H and O–H groups in total. The molecule has 0 saturated heterocycles. The minimum atomic E-state index is -0.453. The highest BCUT2D eigenvalue weighted by Crippen LogP contribution is 2.38. The Balaban J connectivity index is 1.66. The number of ketones is 1. The number of benzene rings is 2. The molecule has 4 rings (SSSR count). The Morgan fingerprint density at radius 1 is 1.16 bits per heavy atom. The summed E-state index contributed by atoms with van der Waals surface area (Å²) in [5, 5.41) is 0.973. The average Bonchev–Trinajstić information content (AvgIpc) is 3.29. The number of allylic oxidation sites excluding steroid dienone is 1. The van der Waals surface area contributed by atoms with Crippen LogP contribution in [0.1, 0.15) is 35.3 Å². The predicted octanol–water partition coefficient (Wildman–Crippen LogP) is 4.54. The van der Waals surface area contributed by atoms with Gasteiger partial charge in [0.1, 0.15) is 17.2 Å². The number of ether oxygens (including phenoxy) is 4. The van der Waals surface area contributed by atoms with Gasteiger partial charge < -0.3 is 23.5 Å². The van der Waals surface area contributed by atoms with Crippen molar-refractivity contribution in [3.63, 3.8) is 0 Å². The van der Waals surface area contributed by atoms with Gasteiger partial charge in [-0.05, 0) is 56.7 Å². The second-order valence-corrected chi connectivity index (χ2v) is 7.40. The van der Waals surface area contributed by atoms with Crippen LogP contribution in [-0.4, -0.2) is 36.6 Å². The third kappa shape index (κ3) is 3.93. The summed E-state index contributed by atoms with van der Waals surface area (Å²) in [6, 6.07) is 9.21. The quantitative estimate of drug-likeness (QED) is 0.401. The van der Waals surface area contributed by atoms with Gasteiger partial charge >= 0.3 is 5.97 Å². The molecule has 0 saturated carbocycles. The Morgan fingerprint density at radius 2 is 1.97 bits per heavy atom. The van der Waals surface area contributed by atoms with Crippen molar-refractivity contribution >= 4 is 28.7 Å². The lowest BCUT2D eigenvalue weighted by Crippen LogP contribution is -2.14. The normalized spacial score (nSPS) is 13.9. The molecule has 7 heteroatoms. The zero-order chi connectivity index (χ0) is 22.8. The molecule has 32 heavy (non-hydrogen) atoms. The third-order valence-electron chi connectivity index (χ3n) is 5.35. The van der Waals surface area contributed by atoms with Crippen molar-refractivity contribution in [2.24, 2.45) is 0 Å². The molecule has 0 radical (unpaired) electrons. The molecule has 1 aliphatic rings. The van der Waals surface area contributed by atoms with Crippen LogP contribution in [0.2, 0.25) is 0 Å². The molecule has 1 aliphatic heterocycles. The summed E-state index contributed by atoms with van der Waals surface area (Å²) in [5.74, 6) is 1.20. The van der Waals surface area contributed by atoms with Crippen molar-refractivity contribution in [3.05, 3.63) is 59.0 Å². The van der Waals surface area contributed by atoms with Crippen molar-refractivity contribution in [2.45, 2.75) is 27.3 Å². The number of aromatic nitrogens is 1. The van der Waals surface area contributed by atoms with Gasteiger partial charge in [-0.1, -0.05) is 0 Å². The van der Waals surface area contributed by atoms with Crippen LogP contribution >= 0.6 is 0 Å². The molecule has 0 atom stereocenters. The van der Waals surface area contributed by atoms with Gasteiger partial charge in [0.25, 0.3) is 0 Å². The smallest absolute Gasteiger partial charge is 0.344 e. The molecule has 0 spiro atoms. The van der Waals surface area contributed by atoms with Gasteiger partial charge in [-0.2, -0.15) is 0 Å². The predicted molar refractivity (Wildman–Crippen MR) is 120 cm³/mol. The summed E-state index contributed by atoms with van der Waals surface area (Å²) in [5.41, 5.74) is 3.13. The van der Waals surface area contributed by atoms with Crippen LogP contribution in [0.25, 0.3) is 17.0 Å². The molecule has 2 heterocycles. The number of Topliss-reactive ketones (excluding diaryl/α,β-unsaturated/α-hetero) is 1. The van der Waals surface area contributed by atoms with Gasteiger partial charge in [0.05, 0.1) is 19.3 Å². The highest BCUT2D eigenvalue weighted by molar-refractivity contribution is 6.16. The molecule has 166 valence electrons. The van der Waals surface area contributed by atoms with E-state index in [2.05, 4.69) is 11.5 Å². The number of rotatable bonds is 7.